The molecule has 1 aliphatic carbocycles. The standard InChI is InChI=1S/C30H28N8/c1-2-6-19(5-1)14-31-15-20-11-21(17-32-16-20)22-12-25-28(37-38-30(25)35-18-22)27-13-24-23(8-10-34-29(24)36-27)26-7-3-4-9-33-26/h3-4,7-13,16-19,31H,1-2,5-6,14-15H2,(H,34,36)(H,35,37,38). The molecule has 1 fully saturated rings. The minimum absolute atomic E-state index is 0.669. The zero-order valence-corrected chi connectivity index (χ0v) is 21.0. The fourth-order valence-electron chi connectivity index (χ4n) is 5.55. The molecule has 6 aromatic heterocycles. The molecule has 0 bridgehead atoms. The fourth-order valence-corrected chi connectivity index (χ4v) is 5.55. The summed E-state index contributed by atoms with van der Waals surface area (Å²) >= 11 is 0. The van der Waals surface area contributed by atoms with E-state index in [2.05, 4.69) is 58.6 Å². The van der Waals surface area contributed by atoms with Gasteiger partial charge < -0.3 is 10.3 Å². The van der Waals surface area contributed by atoms with Crippen LogP contribution in [0.1, 0.15) is 31.2 Å². The van der Waals surface area contributed by atoms with Gasteiger partial charge in [0.15, 0.2) is 5.65 Å². The Morgan fingerprint density at radius 1 is 0.868 bits per heavy atom. The summed E-state index contributed by atoms with van der Waals surface area (Å²) in [5.41, 5.74) is 8.42. The molecular weight excluding hydrogens is 472 g/mol. The van der Waals surface area contributed by atoms with Crippen LogP contribution >= 0.6 is 0 Å². The van der Waals surface area contributed by atoms with E-state index < -0.39 is 0 Å². The van der Waals surface area contributed by atoms with Crippen LogP contribution in [0.4, 0.5) is 0 Å². The molecule has 0 saturated heterocycles. The highest BCUT2D eigenvalue weighted by Gasteiger charge is 2.16. The van der Waals surface area contributed by atoms with E-state index in [0.717, 1.165) is 69.2 Å². The lowest BCUT2D eigenvalue weighted by molar-refractivity contribution is 0.489. The average Bonchev–Trinajstić information content (AvgIpc) is 3.73. The Bertz CT molecular complexity index is 1710. The van der Waals surface area contributed by atoms with Gasteiger partial charge in [0.2, 0.25) is 0 Å². The van der Waals surface area contributed by atoms with Crippen molar-refractivity contribution < 1.29 is 0 Å². The molecule has 0 aliphatic heterocycles. The quantitative estimate of drug-likeness (QED) is 0.252. The number of nitrogens with one attached hydrogen (secondary N) is 3. The summed E-state index contributed by atoms with van der Waals surface area (Å²) in [4.78, 5) is 21.7. The van der Waals surface area contributed by atoms with Crippen LogP contribution in [0, 0.1) is 5.92 Å². The minimum Gasteiger partial charge on any atom is -0.338 e. The molecule has 1 saturated carbocycles. The lowest BCUT2D eigenvalue weighted by Gasteiger charge is -2.11. The summed E-state index contributed by atoms with van der Waals surface area (Å²) in [6.45, 7) is 1.90. The molecule has 0 spiro atoms. The SMILES string of the molecule is c1ccc(-c2ccnc3[nH]c(-c4[nH]nc5ncc(-c6cncc(CNCC7CCCC7)c6)cc45)cc23)nc1. The van der Waals surface area contributed by atoms with Gasteiger partial charge in [-0.05, 0) is 67.3 Å². The van der Waals surface area contributed by atoms with E-state index in [0.29, 0.717) is 5.65 Å². The number of hydrogen-bond donors (Lipinski definition) is 3. The van der Waals surface area contributed by atoms with E-state index in [1.54, 1.807) is 12.4 Å². The second-order valence-electron chi connectivity index (χ2n) is 10.1. The predicted molar refractivity (Wildman–Crippen MR) is 149 cm³/mol. The fraction of sp³-hybridized carbons (Fsp3) is 0.233. The number of rotatable bonds is 7. The predicted octanol–water partition coefficient (Wildman–Crippen LogP) is 5.91. The summed E-state index contributed by atoms with van der Waals surface area (Å²) in [6.07, 6.45) is 14.8. The lowest BCUT2D eigenvalue weighted by atomic mass is 10.1. The van der Waals surface area contributed by atoms with Crippen LogP contribution in [-0.2, 0) is 6.54 Å². The van der Waals surface area contributed by atoms with Gasteiger partial charge in [0, 0.05) is 65.0 Å². The Morgan fingerprint density at radius 2 is 1.79 bits per heavy atom. The normalized spacial score (nSPS) is 14.1. The Morgan fingerprint density at radius 3 is 2.68 bits per heavy atom. The van der Waals surface area contributed by atoms with E-state index in [4.69, 9.17) is 0 Å². The molecule has 0 radical (unpaired) electrons. The summed E-state index contributed by atoms with van der Waals surface area (Å²) in [5.74, 6) is 0.817. The first-order chi connectivity index (χ1) is 18.8. The molecule has 38 heavy (non-hydrogen) atoms. The van der Waals surface area contributed by atoms with Gasteiger partial charge in [-0.1, -0.05) is 18.9 Å². The molecule has 8 heteroatoms. The van der Waals surface area contributed by atoms with Crippen LogP contribution in [0.15, 0.2) is 73.4 Å². The van der Waals surface area contributed by atoms with Crippen molar-refractivity contribution in [1.29, 1.82) is 0 Å². The summed E-state index contributed by atoms with van der Waals surface area (Å²) in [7, 11) is 0. The molecule has 0 aromatic carbocycles. The lowest BCUT2D eigenvalue weighted by Crippen LogP contribution is -2.20. The van der Waals surface area contributed by atoms with Crippen molar-refractivity contribution in [3.8, 4) is 33.8 Å². The molecule has 0 atom stereocenters. The number of H-pyrrole nitrogens is 2. The average molecular weight is 501 g/mol. The van der Waals surface area contributed by atoms with Gasteiger partial charge >= 0.3 is 0 Å². The highest BCUT2D eigenvalue weighted by molar-refractivity contribution is 5.99. The van der Waals surface area contributed by atoms with Gasteiger partial charge in [-0.25, -0.2) is 9.97 Å². The van der Waals surface area contributed by atoms with Crippen LogP contribution < -0.4 is 5.32 Å². The molecule has 6 aromatic rings. The first-order valence-electron chi connectivity index (χ1n) is 13.2. The van der Waals surface area contributed by atoms with Crippen molar-refractivity contribution in [3.63, 3.8) is 0 Å². The third-order valence-corrected chi connectivity index (χ3v) is 7.52. The molecule has 188 valence electrons. The van der Waals surface area contributed by atoms with Crippen molar-refractivity contribution in [1.82, 2.24) is 40.4 Å². The smallest absolute Gasteiger partial charge is 0.181 e. The number of pyridine rings is 4. The molecule has 6 heterocycles. The molecule has 0 unspecified atom stereocenters. The monoisotopic (exact) mass is 500 g/mol. The van der Waals surface area contributed by atoms with Gasteiger partial charge in [-0.3, -0.25) is 15.1 Å². The zero-order chi connectivity index (χ0) is 25.3. The molecule has 7 rings (SSSR count). The Labute approximate surface area is 220 Å². The number of aromatic nitrogens is 7. The maximum absolute atomic E-state index is 4.64. The van der Waals surface area contributed by atoms with Crippen LogP contribution in [0.3, 0.4) is 0 Å². The van der Waals surface area contributed by atoms with E-state index in [9.17, 15) is 0 Å². The van der Waals surface area contributed by atoms with Crippen LogP contribution in [0.2, 0.25) is 0 Å². The third kappa shape index (κ3) is 4.33. The van der Waals surface area contributed by atoms with Gasteiger partial charge in [0.05, 0.1) is 17.1 Å². The van der Waals surface area contributed by atoms with Crippen molar-refractivity contribution in [2.75, 3.05) is 6.54 Å². The van der Waals surface area contributed by atoms with Crippen molar-refractivity contribution in [2.45, 2.75) is 32.2 Å². The van der Waals surface area contributed by atoms with E-state index in [1.807, 2.05) is 42.9 Å². The number of fused-ring (bicyclic) bond motifs is 2. The number of nitrogens with zero attached hydrogens (tertiary/aromatic N) is 5. The summed E-state index contributed by atoms with van der Waals surface area (Å²) < 4.78 is 0. The maximum Gasteiger partial charge on any atom is 0.181 e. The Hall–Kier alpha value is -4.43. The van der Waals surface area contributed by atoms with Gasteiger partial charge in [-0.2, -0.15) is 5.10 Å². The van der Waals surface area contributed by atoms with E-state index in [-0.39, 0.29) is 0 Å². The molecule has 8 nitrogen and oxygen atoms in total. The number of aromatic amines is 2. The zero-order valence-electron chi connectivity index (χ0n) is 21.0. The molecule has 0 amide bonds. The third-order valence-electron chi connectivity index (χ3n) is 7.52. The second-order valence-corrected chi connectivity index (χ2v) is 10.1. The minimum atomic E-state index is 0.669. The highest BCUT2D eigenvalue weighted by atomic mass is 15.2. The van der Waals surface area contributed by atoms with E-state index >= 15 is 0 Å². The van der Waals surface area contributed by atoms with Gasteiger partial charge in [0.25, 0.3) is 0 Å². The van der Waals surface area contributed by atoms with E-state index in [1.165, 1.54) is 31.2 Å². The molecule has 3 N–H and O–H groups in total. The van der Waals surface area contributed by atoms with Crippen molar-refractivity contribution >= 4 is 22.1 Å². The second kappa shape index (κ2) is 9.79. The summed E-state index contributed by atoms with van der Waals surface area (Å²) in [5, 5.41) is 13.2. The topological polar surface area (TPSA) is 108 Å². The maximum atomic E-state index is 4.64. The van der Waals surface area contributed by atoms with Gasteiger partial charge in [0.1, 0.15) is 5.65 Å². The number of hydrogen-bond acceptors (Lipinski definition) is 6. The molecular formula is C30H28N8. The highest BCUT2D eigenvalue weighted by Crippen LogP contribution is 2.33. The summed E-state index contributed by atoms with van der Waals surface area (Å²) in [6, 6.07) is 14.3. The first kappa shape index (κ1) is 22.7. The van der Waals surface area contributed by atoms with Crippen LogP contribution in [0.5, 0.6) is 0 Å². The van der Waals surface area contributed by atoms with Crippen LogP contribution in [-0.4, -0.2) is 41.7 Å². The van der Waals surface area contributed by atoms with Crippen LogP contribution in [0.25, 0.3) is 55.8 Å². The molecule has 1 aliphatic rings. The first-order valence-corrected chi connectivity index (χ1v) is 13.2. The Balaban J connectivity index is 1.20. The largest absolute Gasteiger partial charge is 0.338 e. The van der Waals surface area contributed by atoms with Crippen molar-refractivity contribution in [3.05, 3.63) is 79.0 Å². The Kier molecular flexibility index (Phi) is 5.86. The van der Waals surface area contributed by atoms with Gasteiger partial charge in [-0.15, -0.1) is 0 Å². The van der Waals surface area contributed by atoms with Crippen molar-refractivity contribution in [2.24, 2.45) is 5.92 Å².